The molecule has 0 aliphatic rings. The van der Waals surface area contributed by atoms with Crippen LogP contribution in [0.4, 0.5) is 4.39 Å². The predicted molar refractivity (Wildman–Crippen MR) is 59.5 cm³/mol. The van der Waals surface area contributed by atoms with Crippen LogP contribution in [-0.2, 0) is 0 Å². The molecule has 1 aromatic carbocycles. The van der Waals surface area contributed by atoms with Crippen molar-refractivity contribution in [1.82, 2.24) is 5.32 Å². The summed E-state index contributed by atoms with van der Waals surface area (Å²) in [6.07, 6.45) is 1.01. The van der Waals surface area contributed by atoms with Crippen LogP contribution in [0.1, 0.15) is 37.4 Å². The van der Waals surface area contributed by atoms with Crippen molar-refractivity contribution in [1.29, 1.82) is 0 Å². The van der Waals surface area contributed by atoms with Gasteiger partial charge in [-0.3, -0.25) is 0 Å². The van der Waals surface area contributed by atoms with E-state index in [0.29, 0.717) is 11.1 Å². The lowest BCUT2D eigenvalue weighted by atomic mass is 10.0. The van der Waals surface area contributed by atoms with Gasteiger partial charge in [0.1, 0.15) is 11.6 Å². The first kappa shape index (κ1) is 12.0. The van der Waals surface area contributed by atoms with Crippen LogP contribution in [0.3, 0.4) is 0 Å². The highest BCUT2D eigenvalue weighted by Gasteiger charge is 2.12. The lowest BCUT2D eigenvalue weighted by Crippen LogP contribution is -2.19. The Morgan fingerprint density at radius 1 is 1.47 bits per heavy atom. The van der Waals surface area contributed by atoms with E-state index in [1.807, 2.05) is 6.92 Å². The third-order valence-corrected chi connectivity index (χ3v) is 2.47. The van der Waals surface area contributed by atoms with Crippen LogP contribution in [0.15, 0.2) is 12.1 Å². The molecule has 0 saturated heterocycles. The molecule has 0 heterocycles. The van der Waals surface area contributed by atoms with E-state index in [0.717, 1.165) is 13.0 Å². The van der Waals surface area contributed by atoms with Crippen molar-refractivity contribution in [3.05, 3.63) is 29.1 Å². The highest BCUT2D eigenvalue weighted by atomic mass is 19.1. The van der Waals surface area contributed by atoms with Crippen LogP contribution in [0.25, 0.3) is 0 Å². The Labute approximate surface area is 90.1 Å². The predicted octanol–water partition coefficient (Wildman–Crippen LogP) is 2.90. The minimum atomic E-state index is -0.270. The molecule has 0 aliphatic carbocycles. The maximum Gasteiger partial charge on any atom is 0.126 e. The first-order valence-corrected chi connectivity index (χ1v) is 5.28. The van der Waals surface area contributed by atoms with Crippen molar-refractivity contribution < 1.29 is 9.50 Å². The number of aromatic hydroxyl groups is 1. The fourth-order valence-corrected chi connectivity index (χ4v) is 1.50. The first-order chi connectivity index (χ1) is 7.06. The number of benzene rings is 1. The summed E-state index contributed by atoms with van der Waals surface area (Å²) in [5.74, 6) is -0.113. The van der Waals surface area contributed by atoms with Crippen molar-refractivity contribution in [2.45, 2.75) is 33.2 Å². The quantitative estimate of drug-likeness (QED) is 0.802. The zero-order valence-corrected chi connectivity index (χ0v) is 9.47. The minimum Gasteiger partial charge on any atom is -0.508 e. The van der Waals surface area contributed by atoms with E-state index < -0.39 is 0 Å². The lowest BCUT2D eigenvalue weighted by Gasteiger charge is -2.15. The van der Waals surface area contributed by atoms with Crippen molar-refractivity contribution in [3.8, 4) is 5.75 Å². The van der Waals surface area contributed by atoms with Gasteiger partial charge in [0.25, 0.3) is 0 Å². The molecule has 1 aromatic rings. The molecular formula is C12H18FNO. The molecule has 0 amide bonds. The molecule has 0 radical (unpaired) electrons. The maximum absolute atomic E-state index is 13.3. The number of nitrogens with one attached hydrogen (secondary N) is 1. The van der Waals surface area contributed by atoms with Gasteiger partial charge in [0.05, 0.1) is 0 Å². The molecule has 0 saturated carbocycles. The second-order valence-corrected chi connectivity index (χ2v) is 3.84. The second-order valence-electron chi connectivity index (χ2n) is 3.84. The van der Waals surface area contributed by atoms with Gasteiger partial charge in [-0.2, -0.15) is 0 Å². The van der Waals surface area contributed by atoms with E-state index in [2.05, 4.69) is 12.2 Å². The first-order valence-electron chi connectivity index (χ1n) is 5.28. The molecule has 1 atom stereocenters. The molecule has 2 nitrogen and oxygen atoms in total. The smallest absolute Gasteiger partial charge is 0.126 e. The zero-order chi connectivity index (χ0) is 11.4. The fourth-order valence-electron chi connectivity index (χ4n) is 1.50. The summed E-state index contributed by atoms with van der Waals surface area (Å²) in [6.45, 7) is 6.48. The SMILES string of the molecule is CCCNC(C)c1cc(F)c(C)cc1O. The van der Waals surface area contributed by atoms with Crippen LogP contribution >= 0.6 is 0 Å². The monoisotopic (exact) mass is 211 g/mol. The van der Waals surface area contributed by atoms with Gasteiger partial charge in [0, 0.05) is 11.6 Å². The molecule has 1 unspecified atom stereocenters. The van der Waals surface area contributed by atoms with E-state index in [4.69, 9.17) is 0 Å². The van der Waals surface area contributed by atoms with E-state index in [-0.39, 0.29) is 17.6 Å². The number of halogens is 1. The normalized spacial score (nSPS) is 12.8. The molecule has 0 bridgehead atoms. The summed E-state index contributed by atoms with van der Waals surface area (Å²) in [7, 11) is 0. The summed E-state index contributed by atoms with van der Waals surface area (Å²) in [4.78, 5) is 0. The largest absolute Gasteiger partial charge is 0.508 e. The van der Waals surface area contributed by atoms with E-state index in [9.17, 15) is 9.50 Å². The molecule has 0 spiro atoms. The molecule has 0 aliphatic heterocycles. The van der Waals surface area contributed by atoms with Crippen LogP contribution in [0, 0.1) is 12.7 Å². The van der Waals surface area contributed by atoms with Gasteiger partial charge >= 0.3 is 0 Å². The Bertz CT molecular complexity index is 339. The highest BCUT2D eigenvalue weighted by Crippen LogP contribution is 2.26. The Morgan fingerprint density at radius 2 is 2.13 bits per heavy atom. The number of hydrogen-bond acceptors (Lipinski definition) is 2. The molecule has 0 aromatic heterocycles. The van der Waals surface area contributed by atoms with Gasteiger partial charge in [-0.25, -0.2) is 4.39 Å². The zero-order valence-electron chi connectivity index (χ0n) is 9.47. The number of phenols is 1. The van der Waals surface area contributed by atoms with Crippen molar-refractivity contribution in [2.75, 3.05) is 6.54 Å². The molecule has 84 valence electrons. The summed E-state index contributed by atoms with van der Waals surface area (Å²) >= 11 is 0. The summed E-state index contributed by atoms with van der Waals surface area (Å²) in [5.41, 5.74) is 1.09. The number of rotatable bonds is 4. The van der Waals surface area contributed by atoms with Crippen LogP contribution in [-0.4, -0.2) is 11.7 Å². The van der Waals surface area contributed by atoms with Crippen molar-refractivity contribution >= 4 is 0 Å². The molecule has 0 fully saturated rings. The number of hydrogen-bond donors (Lipinski definition) is 2. The highest BCUT2D eigenvalue weighted by molar-refractivity contribution is 5.38. The van der Waals surface area contributed by atoms with Crippen LogP contribution in [0.2, 0.25) is 0 Å². The summed E-state index contributed by atoms with van der Waals surface area (Å²) in [5, 5.41) is 12.9. The maximum atomic E-state index is 13.3. The molecule has 3 heteroatoms. The average Bonchev–Trinajstić information content (AvgIpc) is 2.20. The summed E-state index contributed by atoms with van der Waals surface area (Å²) in [6, 6.07) is 2.84. The molecule has 1 rings (SSSR count). The molecular weight excluding hydrogens is 193 g/mol. The number of phenolic OH excluding ortho intramolecular Hbond substituents is 1. The lowest BCUT2D eigenvalue weighted by molar-refractivity contribution is 0.448. The molecule has 2 N–H and O–H groups in total. The topological polar surface area (TPSA) is 32.3 Å². The third-order valence-electron chi connectivity index (χ3n) is 2.47. The Kier molecular flexibility index (Phi) is 4.09. The van der Waals surface area contributed by atoms with E-state index in [1.165, 1.54) is 12.1 Å². The average molecular weight is 211 g/mol. The second kappa shape index (κ2) is 5.12. The van der Waals surface area contributed by atoms with Crippen molar-refractivity contribution in [3.63, 3.8) is 0 Å². The van der Waals surface area contributed by atoms with Crippen LogP contribution < -0.4 is 5.32 Å². The van der Waals surface area contributed by atoms with Gasteiger partial charge in [0.2, 0.25) is 0 Å². The standard InChI is InChI=1S/C12H18FNO/c1-4-5-14-9(3)10-7-11(13)8(2)6-12(10)15/h6-7,9,14-15H,4-5H2,1-3H3. The van der Waals surface area contributed by atoms with E-state index >= 15 is 0 Å². The fraction of sp³-hybridized carbons (Fsp3) is 0.500. The molecule has 15 heavy (non-hydrogen) atoms. The summed E-state index contributed by atoms with van der Waals surface area (Å²) < 4.78 is 13.3. The van der Waals surface area contributed by atoms with Gasteiger partial charge in [-0.1, -0.05) is 6.92 Å². The van der Waals surface area contributed by atoms with Gasteiger partial charge < -0.3 is 10.4 Å². The van der Waals surface area contributed by atoms with Gasteiger partial charge in [0.15, 0.2) is 0 Å². The Balaban J connectivity index is 2.88. The Morgan fingerprint density at radius 3 is 2.73 bits per heavy atom. The Hall–Kier alpha value is -1.09. The third kappa shape index (κ3) is 2.93. The number of aryl methyl sites for hydroxylation is 1. The van der Waals surface area contributed by atoms with Gasteiger partial charge in [-0.05, 0) is 44.5 Å². The van der Waals surface area contributed by atoms with E-state index in [1.54, 1.807) is 6.92 Å². The van der Waals surface area contributed by atoms with Crippen molar-refractivity contribution in [2.24, 2.45) is 0 Å². The minimum absolute atomic E-state index is 0.0277. The van der Waals surface area contributed by atoms with Crippen LogP contribution in [0.5, 0.6) is 5.75 Å². The van der Waals surface area contributed by atoms with Gasteiger partial charge in [-0.15, -0.1) is 0 Å².